The Morgan fingerprint density at radius 1 is 0.833 bits per heavy atom. The molecular formula is C29H50O. The highest BCUT2D eigenvalue weighted by atomic mass is 16.1. The monoisotopic (exact) mass is 414 g/mol. The molecule has 0 unspecified atom stereocenters. The van der Waals surface area contributed by atoms with Crippen molar-refractivity contribution in [3.8, 4) is 0 Å². The molecular weight excluding hydrogens is 364 g/mol. The number of fused-ring (bicyclic) bond motifs is 5. The Hall–Kier alpha value is -0.330. The van der Waals surface area contributed by atoms with Crippen LogP contribution < -0.4 is 0 Å². The Kier molecular flexibility index (Phi) is 6.26. The number of Topliss-reactive ketones (excluding diaryl/α,β-unsaturated/α-hetero) is 1. The second-order valence-corrected chi connectivity index (χ2v) is 13.3. The number of rotatable bonds is 5. The van der Waals surface area contributed by atoms with Crippen LogP contribution in [-0.2, 0) is 4.79 Å². The lowest BCUT2D eigenvalue weighted by Crippen LogP contribution is -2.55. The zero-order valence-electron chi connectivity index (χ0n) is 21.2. The lowest BCUT2D eigenvalue weighted by atomic mass is 9.43. The van der Waals surface area contributed by atoms with E-state index < -0.39 is 0 Å². The average Bonchev–Trinajstić information content (AvgIpc) is 3.06. The number of ketones is 1. The Labute approximate surface area is 187 Å². The maximum absolute atomic E-state index is 12.5. The molecule has 4 aliphatic carbocycles. The number of carbonyl (C=O) groups excluding carboxylic acids is 1. The van der Waals surface area contributed by atoms with Crippen molar-refractivity contribution < 1.29 is 4.79 Å². The SMILES string of the molecule is CC(C)[C@H](C)CC[C@@H](C)[C@H]1CC[C@H]2[C@@H]3CC[C@H]4[C@H](C)C(=O)CC[C@]4(C)[C@@H]3CC[C@]12C. The van der Waals surface area contributed by atoms with Crippen LogP contribution in [0.3, 0.4) is 0 Å². The molecule has 0 N–H and O–H groups in total. The minimum atomic E-state index is 0.317. The van der Waals surface area contributed by atoms with E-state index in [0.29, 0.717) is 28.4 Å². The van der Waals surface area contributed by atoms with E-state index in [1.54, 1.807) is 0 Å². The Balaban J connectivity index is 1.48. The first-order valence-electron chi connectivity index (χ1n) is 13.6. The Bertz CT molecular complexity index is 636. The van der Waals surface area contributed by atoms with E-state index in [4.69, 9.17) is 0 Å². The molecule has 0 aliphatic heterocycles. The molecule has 4 saturated carbocycles. The summed E-state index contributed by atoms with van der Waals surface area (Å²) in [6.45, 7) is 17.4. The van der Waals surface area contributed by atoms with Gasteiger partial charge in [0.1, 0.15) is 5.78 Å². The Morgan fingerprint density at radius 3 is 2.20 bits per heavy atom. The van der Waals surface area contributed by atoms with Gasteiger partial charge in [-0.25, -0.2) is 0 Å². The fourth-order valence-electron chi connectivity index (χ4n) is 9.56. The predicted molar refractivity (Wildman–Crippen MR) is 127 cm³/mol. The summed E-state index contributed by atoms with van der Waals surface area (Å²) in [5.74, 6) is 7.84. The van der Waals surface area contributed by atoms with Gasteiger partial charge >= 0.3 is 0 Å². The van der Waals surface area contributed by atoms with Gasteiger partial charge in [0.25, 0.3) is 0 Å². The smallest absolute Gasteiger partial charge is 0.136 e. The number of hydrogen-bond acceptors (Lipinski definition) is 1. The predicted octanol–water partition coefficient (Wildman–Crippen LogP) is 8.17. The highest BCUT2D eigenvalue weighted by Gasteiger charge is 2.61. The van der Waals surface area contributed by atoms with Crippen LogP contribution in [0.4, 0.5) is 0 Å². The molecule has 4 aliphatic rings. The van der Waals surface area contributed by atoms with Crippen LogP contribution in [0.5, 0.6) is 0 Å². The molecule has 0 amide bonds. The van der Waals surface area contributed by atoms with Gasteiger partial charge in [-0.1, -0.05) is 61.3 Å². The van der Waals surface area contributed by atoms with E-state index in [1.165, 1.54) is 57.8 Å². The molecule has 0 bridgehead atoms. The minimum Gasteiger partial charge on any atom is -0.299 e. The van der Waals surface area contributed by atoms with Crippen LogP contribution in [0.15, 0.2) is 0 Å². The van der Waals surface area contributed by atoms with Crippen LogP contribution in [-0.4, -0.2) is 5.78 Å². The minimum absolute atomic E-state index is 0.317. The molecule has 172 valence electrons. The zero-order chi connectivity index (χ0) is 21.8. The second-order valence-electron chi connectivity index (χ2n) is 13.3. The standard InChI is InChI=1S/C29H50O/c1-18(2)19(3)8-9-20(4)23-12-13-25-22-10-11-24-21(5)27(30)15-17-29(24,7)26(22)14-16-28(23,25)6/h18-26H,8-17H2,1-7H3/t19-,20-,21+,22+,23-,24+,25+,26-,28-,29+/m1/s1. The lowest BCUT2D eigenvalue weighted by molar-refractivity contribution is -0.150. The zero-order valence-corrected chi connectivity index (χ0v) is 21.2. The third-order valence-electron chi connectivity index (χ3n) is 11.9. The van der Waals surface area contributed by atoms with Gasteiger partial charge in [-0.2, -0.15) is 0 Å². The molecule has 1 heteroatoms. The maximum Gasteiger partial charge on any atom is 0.136 e. The fraction of sp³-hybridized carbons (Fsp3) is 0.966. The third-order valence-corrected chi connectivity index (χ3v) is 11.9. The van der Waals surface area contributed by atoms with Crippen molar-refractivity contribution in [2.75, 3.05) is 0 Å². The maximum atomic E-state index is 12.5. The first-order valence-corrected chi connectivity index (χ1v) is 13.6. The summed E-state index contributed by atoms with van der Waals surface area (Å²) >= 11 is 0. The quantitative estimate of drug-likeness (QED) is 0.443. The fourth-order valence-corrected chi connectivity index (χ4v) is 9.56. The van der Waals surface area contributed by atoms with Crippen molar-refractivity contribution >= 4 is 5.78 Å². The molecule has 0 radical (unpaired) electrons. The van der Waals surface area contributed by atoms with Gasteiger partial charge < -0.3 is 0 Å². The van der Waals surface area contributed by atoms with Crippen LogP contribution in [0.25, 0.3) is 0 Å². The highest BCUT2D eigenvalue weighted by molar-refractivity contribution is 5.82. The van der Waals surface area contributed by atoms with Gasteiger partial charge in [0, 0.05) is 12.3 Å². The van der Waals surface area contributed by atoms with Gasteiger partial charge in [0.2, 0.25) is 0 Å². The summed E-state index contributed by atoms with van der Waals surface area (Å²) in [6, 6.07) is 0. The molecule has 0 aromatic rings. The van der Waals surface area contributed by atoms with E-state index in [2.05, 4.69) is 48.5 Å². The molecule has 0 aromatic carbocycles. The van der Waals surface area contributed by atoms with Gasteiger partial charge in [-0.3, -0.25) is 4.79 Å². The molecule has 0 heterocycles. The molecule has 4 rings (SSSR count). The summed E-state index contributed by atoms with van der Waals surface area (Å²) in [4.78, 5) is 12.5. The van der Waals surface area contributed by atoms with Crippen LogP contribution in [0.2, 0.25) is 0 Å². The van der Waals surface area contributed by atoms with Crippen molar-refractivity contribution in [1.29, 1.82) is 0 Å². The molecule has 0 saturated heterocycles. The van der Waals surface area contributed by atoms with Crippen molar-refractivity contribution in [3.63, 3.8) is 0 Å². The molecule has 4 fully saturated rings. The Morgan fingerprint density at radius 2 is 1.50 bits per heavy atom. The first-order chi connectivity index (χ1) is 14.1. The molecule has 0 spiro atoms. The lowest BCUT2D eigenvalue weighted by Gasteiger charge is -2.61. The molecule has 0 aromatic heterocycles. The molecule has 1 nitrogen and oxygen atoms in total. The second kappa shape index (κ2) is 8.22. The van der Waals surface area contributed by atoms with Crippen molar-refractivity contribution in [1.82, 2.24) is 0 Å². The summed E-state index contributed by atoms with van der Waals surface area (Å²) in [5, 5.41) is 0. The first kappa shape index (κ1) is 22.8. The average molecular weight is 415 g/mol. The van der Waals surface area contributed by atoms with E-state index in [1.807, 2.05) is 0 Å². The normalized spacial score (nSPS) is 48.1. The van der Waals surface area contributed by atoms with Crippen LogP contribution in [0, 0.1) is 64.1 Å². The van der Waals surface area contributed by atoms with Gasteiger partial charge in [0.15, 0.2) is 0 Å². The molecule has 10 atom stereocenters. The third kappa shape index (κ3) is 3.53. The van der Waals surface area contributed by atoms with E-state index in [-0.39, 0.29) is 0 Å². The van der Waals surface area contributed by atoms with Crippen LogP contribution >= 0.6 is 0 Å². The van der Waals surface area contributed by atoms with E-state index >= 15 is 0 Å². The number of carbonyl (C=O) groups is 1. The van der Waals surface area contributed by atoms with E-state index in [0.717, 1.165) is 47.8 Å². The van der Waals surface area contributed by atoms with Crippen molar-refractivity contribution in [3.05, 3.63) is 0 Å². The van der Waals surface area contributed by atoms with E-state index in [9.17, 15) is 4.79 Å². The molecule has 30 heavy (non-hydrogen) atoms. The van der Waals surface area contributed by atoms with Gasteiger partial charge in [0.05, 0.1) is 0 Å². The summed E-state index contributed by atoms with van der Waals surface area (Å²) in [7, 11) is 0. The van der Waals surface area contributed by atoms with Gasteiger partial charge in [-0.05, 0) is 103 Å². The summed E-state index contributed by atoms with van der Waals surface area (Å²) in [5.41, 5.74) is 1.02. The topological polar surface area (TPSA) is 17.1 Å². The number of hydrogen-bond donors (Lipinski definition) is 0. The summed E-state index contributed by atoms with van der Waals surface area (Å²) < 4.78 is 0. The largest absolute Gasteiger partial charge is 0.299 e. The highest BCUT2D eigenvalue weighted by Crippen LogP contribution is 2.68. The summed E-state index contributed by atoms with van der Waals surface area (Å²) in [6.07, 6.45) is 13.5. The van der Waals surface area contributed by atoms with Gasteiger partial charge in [-0.15, -0.1) is 0 Å². The van der Waals surface area contributed by atoms with Crippen LogP contribution in [0.1, 0.15) is 113 Å². The van der Waals surface area contributed by atoms with Crippen molar-refractivity contribution in [2.45, 2.75) is 113 Å². The van der Waals surface area contributed by atoms with Crippen molar-refractivity contribution in [2.24, 2.45) is 64.1 Å².